The normalized spacial score (nSPS) is 10.6. The lowest BCUT2D eigenvalue weighted by atomic mass is 10.1. The fraction of sp³-hybridized carbons (Fsp3) is 0.333. The summed E-state index contributed by atoms with van der Waals surface area (Å²) in [5, 5.41) is 9.29. The van der Waals surface area contributed by atoms with Gasteiger partial charge in [-0.15, -0.1) is 4.47 Å². The molecule has 0 saturated carbocycles. The van der Waals surface area contributed by atoms with Gasteiger partial charge in [0.15, 0.2) is 0 Å². The molecule has 0 aliphatic heterocycles. The Balaban J connectivity index is 3.34. The van der Waals surface area contributed by atoms with Gasteiger partial charge in [0.25, 0.3) is 0 Å². The maximum Gasteiger partial charge on any atom is 0.247 e. The second-order valence-electron chi connectivity index (χ2n) is 3.27. The van der Waals surface area contributed by atoms with E-state index in [4.69, 9.17) is 0 Å². The summed E-state index contributed by atoms with van der Waals surface area (Å²) < 4.78 is 21.5. The van der Waals surface area contributed by atoms with E-state index in [0.717, 1.165) is 16.7 Å². The number of aryl methyl sites for hydroxylation is 3. The third-order valence-corrected chi connectivity index (χ3v) is 2.50. The molecule has 0 fully saturated rings. The third-order valence-electron chi connectivity index (χ3n) is 1.99. The third kappa shape index (κ3) is 2.05. The topological polar surface area (TPSA) is 57.6 Å². The summed E-state index contributed by atoms with van der Waals surface area (Å²) in [4.78, 5) is 0. The molecule has 0 spiro atoms. The Labute approximate surface area is 84.8 Å². The van der Waals surface area contributed by atoms with Gasteiger partial charge in [-0.25, -0.2) is 8.42 Å². The largest absolute Gasteiger partial charge is 0.274 e. The first-order valence-electron chi connectivity index (χ1n) is 4.14. The Morgan fingerprint density at radius 2 is 1.57 bits per heavy atom. The van der Waals surface area contributed by atoms with Crippen LogP contribution in [0.2, 0.25) is 0 Å². The number of anilines is 1. The summed E-state index contributed by atoms with van der Waals surface area (Å²) in [5.41, 5.74) is 2.86. The minimum atomic E-state index is -2.99. The minimum absolute atomic E-state index is 0.291. The molecule has 0 aliphatic carbocycles. The van der Waals surface area contributed by atoms with Crippen molar-refractivity contribution >= 4 is 16.6 Å². The average Bonchev–Trinajstić information content (AvgIpc) is 2.01. The number of benzene rings is 1. The first-order valence-corrected chi connectivity index (χ1v) is 5.27. The zero-order valence-corrected chi connectivity index (χ0v) is 9.21. The van der Waals surface area contributed by atoms with Crippen LogP contribution in [-0.4, -0.2) is 13.6 Å². The average molecular weight is 215 g/mol. The molecule has 0 atom stereocenters. The molecule has 0 saturated heterocycles. The van der Waals surface area contributed by atoms with Gasteiger partial charge in [0.05, 0.1) is 5.69 Å². The molecular weight excluding hydrogens is 202 g/mol. The van der Waals surface area contributed by atoms with E-state index in [1.54, 1.807) is 13.8 Å². The van der Waals surface area contributed by atoms with Crippen molar-refractivity contribution in [3.8, 4) is 0 Å². The highest BCUT2D eigenvalue weighted by Crippen LogP contribution is 2.24. The Morgan fingerprint density at radius 1 is 1.14 bits per heavy atom. The molecule has 0 bridgehead atoms. The van der Waals surface area contributed by atoms with Crippen LogP contribution in [0.5, 0.6) is 0 Å². The van der Waals surface area contributed by atoms with E-state index in [1.807, 2.05) is 19.1 Å². The molecule has 0 radical (unpaired) electrons. The molecule has 4 nitrogen and oxygen atoms in total. The Morgan fingerprint density at radius 3 is 1.93 bits per heavy atom. The van der Waals surface area contributed by atoms with E-state index in [2.05, 4.69) is 0 Å². The van der Waals surface area contributed by atoms with E-state index < -0.39 is 10.9 Å². The predicted octanol–water partition coefficient (Wildman–Crippen LogP) is 1.33. The van der Waals surface area contributed by atoms with Gasteiger partial charge in [-0.2, -0.15) is 0 Å². The van der Waals surface area contributed by atoms with Gasteiger partial charge in [-0.1, -0.05) is 17.7 Å². The molecule has 0 amide bonds. The molecule has 5 heteroatoms. The molecule has 1 aromatic rings. The van der Waals surface area contributed by atoms with Crippen LogP contribution in [0, 0.1) is 20.8 Å². The molecule has 0 unspecified atom stereocenters. The molecular formula is C9H13NO3S. The van der Waals surface area contributed by atoms with E-state index in [1.165, 1.54) is 0 Å². The van der Waals surface area contributed by atoms with Crippen LogP contribution >= 0.6 is 0 Å². The number of nitrogens with zero attached hydrogens (tertiary/aromatic N) is 1. The van der Waals surface area contributed by atoms with Gasteiger partial charge in [-0.05, 0) is 31.9 Å². The Kier molecular flexibility index (Phi) is 3.13. The first-order chi connectivity index (χ1) is 6.43. The molecule has 1 N–H and O–H groups in total. The Hall–Kier alpha value is -1.07. The lowest BCUT2D eigenvalue weighted by Gasteiger charge is -2.15. The quantitative estimate of drug-likeness (QED) is 0.578. The van der Waals surface area contributed by atoms with Crippen molar-refractivity contribution < 1.29 is 13.6 Å². The molecule has 14 heavy (non-hydrogen) atoms. The molecule has 0 aliphatic rings. The maximum absolute atomic E-state index is 10.6. The van der Waals surface area contributed by atoms with Crippen molar-refractivity contribution in [3.63, 3.8) is 0 Å². The lowest BCUT2D eigenvalue weighted by molar-refractivity contribution is 0.319. The van der Waals surface area contributed by atoms with Crippen LogP contribution in [0.1, 0.15) is 16.7 Å². The molecule has 78 valence electrons. The van der Waals surface area contributed by atoms with Crippen LogP contribution in [-0.2, 0) is 10.9 Å². The standard InChI is InChI=1S/C9H13NO3S/c1-6-4-7(2)9(8(3)5-6)10(11)14(12)13/h4-5,11,14H,1-3H3. The summed E-state index contributed by atoms with van der Waals surface area (Å²) in [6.45, 7) is 5.44. The summed E-state index contributed by atoms with van der Waals surface area (Å²) >= 11 is 0. The maximum atomic E-state index is 10.6. The zero-order valence-electron chi connectivity index (χ0n) is 8.31. The van der Waals surface area contributed by atoms with Gasteiger partial charge in [0.1, 0.15) is 0 Å². The van der Waals surface area contributed by atoms with Gasteiger partial charge in [0, 0.05) is 0 Å². The molecule has 1 rings (SSSR count). The van der Waals surface area contributed by atoms with Crippen molar-refractivity contribution in [2.45, 2.75) is 20.8 Å². The summed E-state index contributed by atoms with van der Waals surface area (Å²) in [6, 6.07) is 3.65. The SMILES string of the molecule is Cc1cc(C)c(N(O)[SH](=O)=O)c(C)c1. The summed E-state index contributed by atoms with van der Waals surface area (Å²) in [6.07, 6.45) is 0. The predicted molar refractivity (Wildman–Crippen MR) is 55.2 cm³/mol. The van der Waals surface area contributed by atoms with Crippen molar-refractivity contribution in [2.75, 3.05) is 4.47 Å². The fourth-order valence-corrected chi connectivity index (χ4v) is 2.05. The van der Waals surface area contributed by atoms with Crippen molar-refractivity contribution in [1.82, 2.24) is 0 Å². The van der Waals surface area contributed by atoms with Crippen LogP contribution in [0.4, 0.5) is 5.69 Å². The van der Waals surface area contributed by atoms with Gasteiger partial charge >= 0.3 is 0 Å². The molecule has 1 aromatic carbocycles. The van der Waals surface area contributed by atoms with Crippen molar-refractivity contribution in [3.05, 3.63) is 28.8 Å². The van der Waals surface area contributed by atoms with Crippen LogP contribution in [0.15, 0.2) is 12.1 Å². The summed E-state index contributed by atoms with van der Waals surface area (Å²) in [7, 11) is -2.99. The highest BCUT2D eigenvalue weighted by molar-refractivity contribution is 7.73. The monoisotopic (exact) mass is 215 g/mol. The Bertz CT molecular complexity index is 395. The second kappa shape index (κ2) is 3.98. The van der Waals surface area contributed by atoms with Crippen LogP contribution in [0.3, 0.4) is 0 Å². The van der Waals surface area contributed by atoms with E-state index in [0.29, 0.717) is 10.2 Å². The van der Waals surface area contributed by atoms with Gasteiger partial charge in [-0.3, -0.25) is 5.21 Å². The van der Waals surface area contributed by atoms with E-state index in [-0.39, 0.29) is 0 Å². The minimum Gasteiger partial charge on any atom is -0.274 e. The van der Waals surface area contributed by atoms with Crippen LogP contribution in [0.25, 0.3) is 0 Å². The summed E-state index contributed by atoms with van der Waals surface area (Å²) in [5.74, 6) is 0. The number of hydrogen-bond acceptors (Lipinski definition) is 3. The number of hydrogen-bond donors (Lipinski definition) is 2. The zero-order chi connectivity index (χ0) is 10.9. The number of rotatable bonds is 2. The van der Waals surface area contributed by atoms with E-state index >= 15 is 0 Å². The number of thiol groups is 1. The fourth-order valence-electron chi connectivity index (χ4n) is 1.57. The van der Waals surface area contributed by atoms with Gasteiger partial charge < -0.3 is 0 Å². The van der Waals surface area contributed by atoms with E-state index in [9.17, 15) is 13.6 Å². The van der Waals surface area contributed by atoms with Crippen LogP contribution < -0.4 is 4.47 Å². The smallest absolute Gasteiger partial charge is 0.247 e. The van der Waals surface area contributed by atoms with Crippen molar-refractivity contribution in [2.24, 2.45) is 0 Å². The first kappa shape index (κ1) is 11.0. The lowest BCUT2D eigenvalue weighted by Crippen LogP contribution is -2.17. The molecule has 0 heterocycles. The van der Waals surface area contributed by atoms with Gasteiger partial charge in [0.2, 0.25) is 10.9 Å². The highest BCUT2D eigenvalue weighted by Gasteiger charge is 2.11. The highest BCUT2D eigenvalue weighted by atomic mass is 32.2. The second-order valence-corrected chi connectivity index (χ2v) is 4.13. The molecule has 0 aromatic heterocycles. The van der Waals surface area contributed by atoms with Crippen molar-refractivity contribution in [1.29, 1.82) is 0 Å².